The van der Waals surface area contributed by atoms with Crippen LogP contribution >= 0.6 is 0 Å². The number of amides is 1. The zero-order valence-electron chi connectivity index (χ0n) is 14.1. The summed E-state index contributed by atoms with van der Waals surface area (Å²) in [4.78, 5) is 21.5. The fourth-order valence-corrected chi connectivity index (χ4v) is 3.70. The van der Waals surface area contributed by atoms with E-state index in [9.17, 15) is 4.79 Å². The molecule has 2 saturated heterocycles. The van der Waals surface area contributed by atoms with E-state index in [-0.39, 0.29) is 5.92 Å². The quantitative estimate of drug-likeness (QED) is 0.899. The molecule has 3 rings (SSSR count). The van der Waals surface area contributed by atoms with Gasteiger partial charge in [-0.15, -0.1) is 0 Å². The maximum absolute atomic E-state index is 12.6. The molecular formula is C18H28N4O. The number of rotatable bonds is 5. The fourth-order valence-electron chi connectivity index (χ4n) is 3.70. The fraction of sp³-hybridized carbons (Fsp3) is 0.667. The van der Waals surface area contributed by atoms with Gasteiger partial charge in [-0.25, -0.2) is 4.98 Å². The highest BCUT2D eigenvalue weighted by Gasteiger charge is 2.29. The second kappa shape index (κ2) is 7.77. The van der Waals surface area contributed by atoms with Crippen LogP contribution in [0.1, 0.15) is 26.2 Å². The van der Waals surface area contributed by atoms with Gasteiger partial charge in [0, 0.05) is 38.9 Å². The van der Waals surface area contributed by atoms with Crippen molar-refractivity contribution in [2.45, 2.75) is 26.2 Å². The van der Waals surface area contributed by atoms with Crippen LogP contribution in [0.15, 0.2) is 24.4 Å². The van der Waals surface area contributed by atoms with E-state index in [2.05, 4.69) is 33.1 Å². The lowest BCUT2D eigenvalue weighted by atomic mass is 9.95. The Labute approximate surface area is 139 Å². The Morgan fingerprint density at radius 2 is 2.17 bits per heavy atom. The van der Waals surface area contributed by atoms with Crippen molar-refractivity contribution < 1.29 is 4.79 Å². The molecule has 0 saturated carbocycles. The van der Waals surface area contributed by atoms with Crippen molar-refractivity contribution in [2.24, 2.45) is 11.8 Å². The summed E-state index contributed by atoms with van der Waals surface area (Å²) in [6, 6.07) is 6.08. The molecule has 1 aromatic heterocycles. The summed E-state index contributed by atoms with van der Waals surface area (Å²) in [6.45, 7) is 7.77. The molecular weight excluding hydrogens is 288 g/mol. The van der Waals surface area contributed by atoms with Gasteiger partial charge in [-0.3, -0.25) is 4.79 Å². The second-order valence-electron chi connectivity index (χ2n) is 6.68. The maximum Gasteiger partial charge on any atom is 0.227 e. The predicted octanol–water partition coefficient (Wildman–Crippen LogP) is 1.76. The van der Waals surface area contributed by atoms with Gasteiger partial charge in [0.2, 0.25) is 5.91 Å². The summed E-state index contributed by atoms with van der Waals surface area (Å²) in [7, 11) is 0. The number of anilines is 1. The molecule has 0 spiro atoms. The number of nitrogens with one attached hydrogen (secondary N) is 1. The lowest BCUT2D eigenvalue weighted by Gasteiger charge is -2.35. The van der Waals surface area contributed by atoms with Crippen molar-refractivity contribution >= 4 is 11.7 Å². The first-order valence-electron chi connectivity index (χ1n) is 8.93. The van der Waals surface area contributed by atoms with Crippen LogP contribution in [-0.4, -0.2) is 55.1 Å². The number of aromatic nitrogens is 1. The van der Waals surface area contributed by atoms with Gasteiger partial charge in [0.1, 0.15) is 5.82 Å². The van der Waals surface area contributed by atoms with Crippen LogP contribution in [0.25, 0.3) is 0 Å². The van der Waals surface area contributed by atoms with Gasteiger partial charge < -0.3 is 15.1 Å². The largest absolute Gasteiger partial charge is 0.357 e. The molecule has 3 heterocycles. The average molecular weight is 316 g/mol. The van der Waals surface area contributed by atoms with Crippen LogP contribution in [0.3, 0.4) is 0 Å². The van der Waals surface area contributed by atoms with Gasteiger partial charge in [0.15, 0.2) is 0 Å². The van der Waals surface area contributed by atoms with E-state index in [1.54, 1.807) is 0 Å². The Kier molecular flexibility index (Phi) is 5.49. The number of hydrogen-bond acceptors (Lipinski definition) is 4. The van der Waals surface area contributed by atoms with E-state index in [0.29, 0.717) is 11.8 Å². The third-order valence-electron chi connectivity index (χ3n) is 5.17. The maximum atomic E-state index is 12.6. The Bertz CT molecular complexity index is 493. The van der Waals surface area contributed by atoms with E-state index in [1.807, 2.05) is 18.3 Å². The van der Waals surface area contributed by atoms with Crippen LogP contribution in [0.2, 0.25) is 0 Å². The summed E-state index contributed by atoms with van der Waals surface area (Å²) >= 11 is 0. The summed E-state index contributed by atoms with van der Waals surface area (Å²) < 4.78 is 0. The van der Waals surface area contributed by atoms with Crippen LogP contribution in [0, 0.1) is 11.8 Å². The van der Waals surface area contributed by atoms with Gasteiger partial charge in [-0.05, 0) is 50.8 Å². The second-order valence-corrected chi connectivity index (χ2v) is 6.68. The first-order chi connectivity index (χ1) is 11.3. The van der Waals surface area contributed by atoms with Crippen molar-refractivity contribution in [3.8, 4) is 0 Å². The molecule has 1 amide bonds. The highest BCUT2D eigenvalue weighted by atomic mass is 16.2. The molecule has 1 unspecified atom stereocenters. The summed E-state index contributed by atoms with van der Waals surface area (Å²) in [6.07, 6.45) is 5.13. The SMILES string of the molecule is CCN(CC1CCN(c2ccccn2)CC1)C(=O)C1CCNC1. The molecule has 0 bridgehead atoms. The van der Waals surface area contributed by atoms with E-state index in [0.717, 1.165) is 64.3 Å². The standard InChI is InChI=1S/C18H28N4O/c1-2-21(18(23)16-6-10-19-13-16)14-15-7-11-22(12-8-15)17-5-3-4-9-20-17/h3-5,9,15-16,19H,2,6-8,10-14H2,1H3. The summed E-state index contributed by atoms with van der Waals surface area (Å²) in [5, 5.41) is 3.30. The zero-order chi connectivity index (χ0) is 16.1. The van der Waals surface area contributed by atoms with Gasteiger partial charge in [-0.2, -0.15) is 0 Å². The highest BCUT2D eigenvalue weighted by Crippen LogP contribution is 2.23. The normalized spacial score (nSPS) is 22.3. The Morgan fingerprint density at radius 3 is 2.78 bits per heavy atom. The minimum atomic E-state index is 0.198. The highest BCUT2D eigenvalue weighted by molar-refractivity contribution is 5.79. The molecule has 2 aliphatic rings. The number of pyridine rings is 1. The molecule has 5 heteroatoms. The Balaban J connectivity index is 1.50. The minimum Gasteiger partial charge on any atom is -0.357 e. The summed E-state index contributed by atoms with van der Waals surface area (Å²) in [5.41, 5.74) is 0. The third-order valence-corrected chi connectivity index (χ3v) is 5.17. The molecule has 5 nitrogen and oxygen atoms in total. The average Bonchev–Trinajstić information content (AvgIpc) is 3.15. The van der Waals surface area contributed by atoms with Crippen molar-refractivity contribution in [1.29, 1.82) is 0 Å². The first kappa shape index (κ1) is 16.2. The number of nitrogens with zero attached hydrogens (tertiary/aromatic N) is 3. The van der Waals surface area contributed by atoms with Crippen LogP contribution in [0.5, 0.6) is 0 Å². The van der Waals surface area contributed by atoms with Crippen LogP contribution in [0.4, 0.5) is 5.82 Å². The number of piperidine rings is 1. The van der Waals surface area contributed by atoms with Gasteiger partial charge >= 0.3 is 0 Å². The lowest BCUT2D eigenvalue weighted by molar-refractivity contribution is -0.135. The van der Waals surface area contributed by atoms with Gasteiger partial charge in [0.05, 0.1) is 5.92 Å². The van der Waals surface area contributed by atoms with Crippen LogP contribution < -0.4 is 10.2 Å². The van der Waals surface area contributed by atoms with Crippen molar-refractivity contribution in [3.63, 3.8) is 0 Å². The molecule has 2 aliphatic heterocycles. The minimum absolute atomic E-state index is 0.198. The monoisotopic (exact) mass is 316 g/mol. The molecule has 0 aromatic carbocycles. The van der Waals surface area contributed by atoms with E-state index < -0.39 is 0 Å². The molecule has 0 aliphatic carbocycles. The molecule has 23 heavy (non-hydrogen) atoms. The Hall–Kier alpha value is -1.62. The molecule has 1 aromatic rings. The van der Waals surface area contributed by atoms with Crippen LogP contribution in [-0.2, 0) is 4.79 Å². The van der Waals surface area contributed by atoms with E-state index >= 15 is 0 Å². The van der Waals surface area contributed by atoms with E-state index in [1.165, 1.54) is 0 Å². The number of carbonyl (C=O) groups is 1. The molecule has 0 radical (unpaired) electrons. The first-order valence-corrected chi connectivity index (χ1v) is 8.93. The number of hydrogen-bond donors (Lipinski definition) is 1. The van der Waals surface area contributed by atoms with Crippen molar-refractivity contribution in [2.75, 3.05) is 44.2 Å². The molecule has 1 atom stereocenters. The molecule has 2 fully saturated rings. The summed E-state index contributed by atoms with van der Waals surface area (Å²) in [5.74, 6) is 2.24. The van der Waals surface area contributed by atoms with Crippen molar-refractivity contribution in [1.82, 2.24) is 15.2 Å². The number of carbonyl (C=O) groups excluding carboxylic acids is 1. The van der Waals surface area contributed by atoms with Gasteiger partial charge in [0.25, 0.3) is 0 Å². The smallest absolute Gasteiger partial charge is 0.227 e. The molecule has 1 N–H and O–H groups in total. The lowest BCUT2D eigenvalue weighted by Crippen LogP contribution is -2.43. The molecule has 126 valence electrons. The zero-order valence-corrected chi connectivity index (χ0v) is 14.1. The van der Waals surface area contributed by atoms with Gasteiger partial charge in [-0.1, -0.05) is 6.07 Å². The third kappa shape index (κ3) is 4.02. The topological polar surface area (TPSA) is 48.5 Å². The van der Waals surface area contributed by atoms with Crippen molar-refractivity contribution in [3.05, 3.63) is 24.4 Å². The predicted molar refractivity (Wildman–Crippen MR) is 92.4 cm³/mol. The Morgan fingerprint density at radius 1 is 1.35 bits per heavy atom. The van der Waals surface area contributed by atoms with E-state index in [4.69, 9.17) is 0 Å².